The van der Waals surface area contributed by atoms with E-state index in [-0.39, 0.29) is 11.9 Å². The fraction of sp³-hybridized carbons (Fsp3) is 0.882. The van der Waals surface area contributed by atoms with Crippen LogP contribution in [0, 0.1) is 11.8 Å². The van der Waals surface area contributed by atoms with Gasteiger partial charge in [0.2, 0.25) is 0 Å². The number of piperidine rings is 2. The molecule has 0 atom stereocenters. The van der Waals surface area contributed by atoms with Gasteiger partial charge in [0.1, 0.15) is 0 Å². The molecule has 0 spiro atoms. The second kappa shape index (κ2) is 9.11. The Bertz CT molecular complexity index is 397. The van der Waals surface area contributed by atoms with Crippen molar-refractivity contribution in [3.05, 3.63) is 0 Å². The smallest absolute Gasteiger partial charge is 0.308 e. The maximum absolute atomic E-state index is 11.6. The van der Waals surface area contributed by atoms with Crippen LogP contribution in [0.5, 0.6) is 0 Å². The maximum atomic E-state index is 11.6. The number of hydrogen-bond acceptors (Lipinski definition) is 4. The van der Waals surface area contributed by atoms with E-state index >= 15 is 0 Å². The van der Waals surface area contributed by atoms with Crippen molar-refractivity contribution in [2.75, 3.05) is 53.4 Å². The van der Waals surface area contributed by atoms with Crippen LogP contribution in [0.2, 0.25) is 0 Å². The molecule has 1 N–H and O–H groups in total. The highest BCUT2D eigenvalue weighted by molar-refractivity contribution is 5.80. The van der Waals surface area contributed by atoms with Crippen molar-refractivity contribution >= 4 is 11.9 Å². The topological polar surface area (TPSA) is 57.2 Å². The van der Waals surface area contributed by atoms with Gasteiger partial charge in [0, 0.05) is 33.2 Å². The van der Waals surface area contributed by atoms with Crippen molar-refractivity contribution in [3.63, 3.8) is 0 Å². The van der Waals surface area contributed by atoms with Gasteiger partial charge in [-0.05, 0) is 44.7 Å². The zero-order chi connectivity index (χ0) is 16.7. The molecule has 0 aromatic heterocycles. The summed E-state index contributed by atoms with van der Waals surface area (Å²) < 4.78 is 4.84. The second-order valence-electron chi connectivity index (χ2n) is 6.78. The summed E-state index contributed by atoms with van der Waals surface area (Å²) >= 11 is 0. The summed E-state index contributed by atoms with van der Waals surface area (Å²) in [4.78, 5) is 20.8. The number of ether oxygens (including phenoxy) is 1. The Morgan fingerprint density at radius 1 is 1.17 bits per heavy atom. The van der Waals surface area contributed by atoms with Gasteiger partial charge in [-0.1, -0.05) is 6.92 Å². The standard InChI is InChI=1S/C17H32N4O2/c1-14-4-9-20(10-5-14)13-8-19-17(18-2)21-11-6-15(7-12-21)16(22)23-3/h14-15H,4-13H2,1-3H3,(H,18,19). The first kappa shape index (κ1) is 18.0. The largest absolute Gasteiger partial charge is 0.469 e. The Hall–Kier alpha value is -1.30. The van der Waals surface area contributed by atoms with Crippen LogP contribution in [0.4, 0.5) is 0 Å². The van der Waals surface area contributed by atoms with E-state index in [4.69, 9.17) is 4.74 Å². The van der Waals surface area contributed by atoms with E-state index in [0.717, 1.165) is 50.9 Å². The lowest BCUT2D eigenvalue weighted by Crippen LogP contribution is -2.48. The number of rotatable bonds is 4. The van der Waals surface area contributed by atoms with Gasteiger partial charge in [-0.15, -0.1) is 0 Å². The lowest BCUT2D eigenvalue weighted by molar-refractivity contribution is -0.146. The fourth-order valence-corrected chi connectivity index (χ4v) is 3.44. The Balaban J connectivity index is 1.69. The third-order valence-electron chi connectivity index (χ3n) is 5.13. The molecule has 0 unspecified atom stereocenters. The number of esters is 1. The number of aliphatic imine (C=N–C) groups is 1. The summed E-state index contributed by atoms with van der Waals surface area (Å²) in [5, 5.41) is 3.47. The zero-order valence-electron chi connectivity index (χ0n) is 14.9. The van der Waals surface area contributed by atoms with E-state index in [2.05, 4.69) is 27.0 Å². The van der Waals surface area contributed by atoms with Gasteiger partial charge >= 0.3 is 5.97 Å². The number of hydrogen-bond donors (Lipinski definition) is 1. The van der Waals surface area contributed by atoms with Crippen LogP contribution >= 0.6 is 0 Å². The highest BCUT2D eigenvalue weighted by atomic mass is 16.5. The van der Waals surface area contributed by atoms with Crippen molar-refractivity contribution in [2.45, 2.75) is 32.6 Å². The van der Waals surface area contributed by atoms with Crippen LogP contribution in [-0.2, 0) is 9.53 Å². The van der Waals surface area contributed by atoms with Gasteiger partial charge in [-0.25, -0.2) is 0 Å². The molecule has 2 saturated heterocycles. The number of likely N-dealkylation sites (tertiary alicyclic amines) is 2. The molecule has 6 heteroatoms. The number of guanidine groups is 1. The molecule has 0 aromatic rings. The monoisotopic (exact) mass is 324 g/mol. The lowest BCUT2D eigenvalue weighted by Gasteiger charge is -2.34. The first-order valence-corrected chi connectivity index (χ1v) is 8.89. The van der Waals surface area contributed by atoms with Gasteiger partial charge in [-0.2, -0.15) is 0 Å². The van der Waals surface area contributed by atoms with E-state index in [1.807, 2.05) is 7.05 Å². The molecular weight excluding hydrogens is 292 g/mol. The molecule has 0 amide bonds. The highest BCUT2D eigenvalue weighted by Gasteiger charge is 2.27. The van der Waals surface area contributed by atoms with Gasteiger partial charge < -0.3 is 19.9 Å². The molecule has 0 saturated carbocycles. The van der Waals surface area contributed by atoms with Crippen LogP contribution in [0.3, 0.4) is 0 Å². The average Bonchev–Trinajstić information content (AvgIpc) is 2.60. The van der Waals surface area contributed by atoms with Gasteiger partial charge in [0.05, 0.1) is 13.0 Å². The molecule has 0 radical (unpaired) electrons. The van der Waals surface area contributed by atoms with Crippen LogP contribution in [0.15, 0.2) is 4.99 Å². The molecule has 2 heterocycles. The number of methoxy groups -OCH3 is 1. The molecule has 0 bridgehead atoms. The van der Waals surface area contributed by atoms with Crippen LogP contribution in [0.25, 0.3) is 0 Å². The molecule has 2 fully saturated rings. The van der Waals surface area contributed by atoms with E-state index in [0.29, 0.717) is 0 Å². The highest BCUT2D eigenvalue weighted by Crippen LogP contribution is 2.18. The van der Waals surface area contributed by atoms with Crippen LogP contribution in [-0.4, -0.2) is 75.2 Å². The third kappa shape index (κ3) is 5.37. The van der Waals surface area contributed by atoms with Crippen molar-refractivity contribution in [1.29, 1.82) is 0 Å². The number of carbonyl (C=O) groups is 1. The third-order valence-corrected chi connectivity index (χ3v) is 5.13. The molecule has 2 aliphatic rings. The first-order chi connectivity index (χ1) is 11.1. The summed E-state index contributed by atoms with van der Waals surface area (Å²) in [6, 6.07) is 0. The van der Waals surface area contributed by atoms with Crippen molar-refractivity contribution in [1.82, 2.24) is 15.1 Å². The van der Waals surface area contributed by atoms with Gasteiger partial charge in [-0.3, -0.25) is 9.79 Å². The Labute approximate surface area is 140 Å². The number of nitrogens with one attached hydrogen (secondary N) is 1. The minimum absolute atomic E-state index is 0.0460. The minimum Gasteiger partial charge on any atom is -0.469 e. The molecule has 0 aromatic carbocycles. The van der Waals surface area contributed by atoms with Crippen LogP contribution in [0.1, 0.15) is 32.6 Å². The van der Waals surface area contributed by atoms with Crippen molar-refractivity contribution in [3.8, 4) is 0 Å². The molecular formula is C17H32N4O2. The predicted molar refractivity (Wildman–Crippen MR) is 92.5 cm³/mol. The van der Waals surface area contributed by atoms with Gasteiger partial charge in [0.25, 0.3) is 0 Å². The van der Waals surface area contributed by atoms with Crippen LogP contribution < -0.4 is 5.32 Å². The Morgan fingerprint density at radius 3 is 2.39 bits per heavy atom. The fourth-order valence-electron chi connectivity index (χ4n) is 3.44. The second-order valence-corrected chi connectivity index (χ2v) is 6.78. The van der Waals surface area contributed by atoms with E-state index in [9.17, 15) is 4.79 Å². The zero-order valence-corrected chi connectivity index (χ0v) is 14.9. The lowest BCUT2D eigenvalue weighted by atomic mass is 9.97. The van der Waals surface area contributed by atoms with E-state index < -0.39 is 0 Å². The molecule has 2 aliphatic heterocycles. The number of nitrogens with zero attached hydrogens (tertiary/aromatic N) is 3. The van der Waals surface area contributed by atoms with E-state index in [1.54, 1.807) is 0 Å². The Morgan fingerprint density at radius 2 is 1.83 bits per heavy atom. The van der Waals surface area contributed by atoms with Gasteiger partial charge in [0.15, 0.2) is 5.96 Å². The molecule has 0 aliphatic carbocycles. The normalized spacial score (nSPS) is 22.2. The van der Waals surface area contributed by atoms with Crippen molar-refractivity contribution < 1.29 is 9.53 Å². The predicted octanol–water partition coefficient (Wildman–Crippen LogP) is 1.18. The average molecular weight is 324 g/mol. The summed E-state index contributed by atoms with van der Waals surface area (Å²) in [6.45, 7) is 8.50. The quantitative estimate of drug-likeness (QED) is 0.478. The van der Waals surface area contributed by atoms with Crippen molar-refractivity contribution in [2.24, 2.45) is 16.8 Å². The SMILES string of the molecule is CN=C(NCCN1CCC(C)CC1)N1CCC(C(=O)OC)CC1. The maximum Gasteiger partial charge on any atom is 0.308 e. The molecule has 2 rings (SSSR count). The Kier molecular flexibility index (Phi) is 7.15. The molecule has 6 nitrogen and oxygen atoms in total. The summed E-state index contributed by atoms with van der Waals surface area (Å²) in [5.41, 5.74) is 0. The summed E-state index contributed by atoms with van der Waals surface area (Å²) in [7, 11) is 3.30. The first-order valence-electron chi connectivity index (χ1n) is 8.89. The minimum atomic E-state index is -0.0769. The van der Waals surface area contributed by atoms with E-state index in [1.165, 1.54) is 33.0 Å². The molecule has 132 valence electrons. The summed E-state index contributed by atoms with van der Waals surface area (Å²) in [5.74, 6) is 1.80. The summed E-state index contributed by atoms with van der Waals surface area (Å²) in [6.07, 6.45) is 4.32. The number of carbonyl (C=O) groups excluding carboxylic acids is 1. The molecule has 23 heavy (non-hydrogen) atoms.